The highest BCUT2D eigenvalue weighted by Crippen LogP contribution is 2.41. The van der Waals surface area contributed by atoms with Crippen molar-refractivity contribution in [1.29, 1.82) is 0 Å². The summed E-state index contributed by atoms with van der Waals surface area (Å²) in [5.41, 5.74) is 8.42. The number of benzene rings is 5. The Morgan fingerprint density at radius 3 is 1.98 bits per heavy atom. The van der Waals surface area contributed by atoms with Crippen molar-refractivity contribution in [2.75, 3.05) is 0 Å². The molecule has 236 valence electrons. The molecule has 5 aromatic carbocycles. The van der Waals surface area contributed by atoms with Crippen LogP contribution in [0.2, 0.25) is 0 Å². The quantitative estimate of drug-likeness (QED) is 0.187. The standard InChI is InChI=1S/C44H30N6/c1-4-15-29(16-5-1)42-46-43(30-17-6-2-7-18-30)48-44(47-42)35-23-14-26-39(45-35)50-37-25-13-11-22-34(37)40-38(50)28-27-33-32-21-10-12-24-36(32)49(41(33)40)31-19-8-3-9-20-31/h1-6,8-17,19-28H,7,18H2. The molecule has 0 bridgehead atoms. The maximum absolute atomic E-state index is 5.28. The van der Waals surface area contributed by atoms with E-state index in [0.29, 0.717) is 23.2 Å². The van der Waals surface area contributed by atoms with E-state index in [1.165, 1.54) is 32.6 Å². The van der Waals surface area contributed by atoms with E-state index in [2.05, 4.69) is 124 Å². The van der Waals surface area contributed by atoms with Crippen LogP contribution in [0.4, 0.5) is 0 Å². The van der Waals surface area contributed by atoms with Crippen molar-refractivity contribution < 1.29 is 0 Å². The fraction of sp³-hybridized carbons (Fsp3) is 0.0455. The summed E-state index contributed by atoms with van der Waals surface area (Å²) in [6.45, 7) is 0. The molecule has 0 saturated carbocycles. The second-order valence-electron chi connectivity index (χ2n) is 12.6. The van der Waals surface area contributed by atoms with Gasteiger partial charge in [-0.3, -0.25) is 4.57 Å². The van der Waals surface area contributed by atoms with Crippen LogP contribution in [0, 0.1) is 0 Å². The van der Waals surface area contributed by atoms with Crippen LogP contribution in [0.25, 0.3) is 83.6 Å². The maximum Gasteiger partial charge on any atom is 0.182 e. The van der Waals surface area contributed by atoms with Crippen molar-refractivity contribution >= 4 is 49.2 Å². The number of pyridine rings is 1. The lowest BCUT2D eigenvalue weighted by molar-refractivity contribution is 0.969. The fourth-order valence-electron chi connectivity index (χ4n) is 7.41. The van der Waals surface area contributed by atoms with E-state index in [1.807, 2.05) is 42.5 Å². The largest absolute Gasteiger partial charge is 0.309 e. The number of hydrogen-bond donors (Lipinski definition) is 0. The van der Waals surface area contributed by atoms with Crippen molar-refractivity contribution in [3.63, 3.8) is 0 Å². The third kappa shape index (κ3) is 4.49. The molecule has 1 aliphatic carbocycles. The number of nitrogens with zero attached hydrogens (tertiary/aromatic N) is 6. The Balaban J connectivity index is 1.22. The zero-order valence-electron chi connectivity index (χ0n) is 27.1. The van der Waals surface area contributed by atoms with Crippen molar-refractivity contribution in [1.82, 2.24) is 29.1 Å². The highest BCUT2D eigenvalue weighted by Gasteiger charge is 2.22. The fourth-order valence-corrected chi connectivity index (χ4v) is 7.41. The molecule has 0 fully saturated rings. The third-order valence-corrected chi connectivity index (χ3v) is 9.65. The first kappa shape index (κ1) is 28.4. The minimum absolute atomic E-state index is 0.554. The van der Waals surface area contributed by atoms with Crippen molar-refractivity contribution in [2.45, 2.75) is 12.8 Å². The SMILES string of the molecule is C1=CCCC(c2nc(-c3ccccc3)nc(-c3cccc(-n4c5ccccc5c5c4ccc4c6ccccc6n(-c6ccccc6)c45)n3)n2)=C1. The summed E-state index contributed by atoms with van der Waals surface area (Å²) < 4.78 is 4.68. The average Bonchev–Trinajstić information content (AvgIpc) is 3.72. The van der Waals surface area contributed by atoms with E-state index in [4.69, 9.17) is 19.9 Å². The number of fused-ring (bicyclic) bond motifs is 7. The number of allylic oxidation sites excluding steroid dienone is 4. The van der Waals surface area contributed by atoms with Gasteiger partial charge in [0.2, 0.25) is 0 Å². The lowest BCUT2D eigenvalue weighted by Gasteiger charge is -2.12. The predicted octanol–water partition coefficient (Wildman–Crippen LogP) is 10.5. The number of aromatic nitrogens is 6. The van der Waals surface area contributed by atoms with Crippen LogP contribution >= 0.6 is 0 Å². The zero-order chi connectivity index (χ0) is 33.0. The minimum Gasteiger partial charge on any atom is -0.309 e. The first-order chi connectivity index (χ1) is 24.8. The monoisotopic (exact) mass is 642 g/mol. The lowest BCUT2D eigenvalue weighted by Crippen LogP contribution is -2.05. The summed E-state index contributed by atoms with van der Waals surface area (Å²) in [7, 11) is 0. The highest BCUT2D eigenvalue weighted by atomic mass is 15.1. The smallest absolute Gasteiger partial charge is 0.182 e. The molecule has 0 radical (unpaired) electrons. The van der Waals surface area contributed by atoms with Crippen LogP contribution in [-0.4, -0.2) is 29.1 Å². The van der Waals surface area contributed by atoms with Gasteiger partial charge in [0.25, 0.3) is 0 Å². The van der Waals surface area contributed by atoms with Crippen LogP contribution in [0.15, 0.2) is 158 Å². The van der Waals surface area contributed by atoms with E-state index in [1.54, 1.807) is 0 Å². The van der Waals surface area contributed by atoms with Gasteiger partial charge in [0, 0.05) is 32.8 Å². The predicted molar refractivity (Wildman–Crippen MR) is 204 cm³/mol. The topological polar surface area (TPSA) is 61.4 Å². The van der Waals surface area contributed by atoms with Gasteiger partial charge in [0.05, 0.1) is 22.1 Å². The van der Waals surface area contributed by atoms with Gasteiger partial charge in [-0.25, -0.2) is 19.9 Å². The molecule has 0 N–H and O–H groups in total. The van der Waals surface area contributed by atoms with E-state index in [-0.39, 0.29) is 0 Å². The van der Waals surface area contributed by atoms with E-state index in [9.17, 15) is 0 Å². The molecule has 6 nitrogen and oxygen atoms in total. The Hall–Kier alpha value is -6.66. The average molecular weight is 643 g/mol. The van der Waals surface area contributed by atoms with Crippen molar-refractivity contribution in [3.05, 3.63) is 164 Å². The van der Waals surface area contributed by atoms with Gasteiger partial charge in [-0.05, 0) is 60.9 Å². The third-order valence-electron chi connectivity index (χ3n) is 9.65. The normalized spacial score (nSPS) is 13.1. The minimum atomic E-state index is 0.554. The molecule has 0 atom stereocenters. The molecular weight excluding hydrogens is 613 g/mol. The summed E-state index contributed by atoms with van der Waals surface area (Å²) in [6, 6.07) is 48.7. The van der Waals surface area contributed by atoms with Crippen molar-refractivity contribution in [3.8, 4) is 34.4 Å². The Morgan fingerprint density at radius 1 is 0.480 bits per heavy atom. The molecule has 0 aliphatic heterocycles. The summed E-state index contributed by atoms with van der Waals surface area (Å²) in [5, 5.41) is 4.82. The summed E-state index contributed by atoms with van der Waals surface area (Å²) in [5.74, 6) is 2.69. The zero-order valence-corrected chi connectivity index (χ0v) is 27.1. The maximum atomic E-state index is 5.28. The molecular formula is C44H30N6. The van der Waals surface area contributed by atoms with Gasteiger partial charge < -0.3 is 4.57 Å². The van der Waals surface area contributed by atoms with Crippen LogP contribution in [-0.2, 0) is 0 Å². The van der Waals surface area contributed by atoms with Crippen LogP contribution in [0.5, 0.6) is 0 Å². The van der Waals surface area contributed by atoms with Crippen LogP contribution < -0.4 is 0 Å². The van der Waals surface area contributed by atoms with E-state index >= 15 is 0 Å². The van der Waals surface area contributed by atoms with Gasteiger partial charge >= 0.3 is 0 Å². The molecule has 4 heterocycles. The second kappa shape index (κ2) is 11.5. The first-order valence-corrected chi connectivity index (χ1v) is 17.0. The van der Waals surface area contributed by atoms with Gasteiger partial charge in [-0.15, -0.1) is 0 Å². The summed E-state index contributed by atoms with van der Waals surface area (Å²) in [6.07, 6.45) is 8.21. The Labute approximate surface area is 288 Å². The van der Waals surface area contributed by atoms with Gasteiger partial charge in [-0.2, -0.15) is 0 Å². The molecule has 0 spiro atoms. The van der Waals surface area contributed by atoms with Gasteiger partial charge in [-0.1, -0.05) is 115 Å². The summed E-state index contributed by atoms with van der Waals surface area (Å²) in [4.78, 5) is 20.2. The lowest BCUT2D eigenvalue weighted by atomic mass is 10.0. The molecule has 10 rings (SSSR count). The molecule has 6 heteroatoms. The molecule has 9 aromatic rings. The van der Waals surface area contributed by atoms with E-state index in [0.717, 1.165) is 46.5 Å². The molecule has 50 heavy (non-hydrogen) atoms. The van der Waals surface area contributed by atoms with Crippen LogP contribution in [0.1, 0.15) is 18.7 Å². The van der Waals surface area contributed by atoms with Gasteiger partial charge in [0.1, 0.15) is 11.5 Å². The Kier molecular flexibility index (Phi) is 6.52. The first-order valence-electron chi connectivity index (χ1n) is 17.0. The Bertz CT molecular complexity index is 2810. The second-order valence-corrected chi connectivity index (χ2v) is 12.6. The molecule has 0 unspecified atom stereocenters. The number of hydrogen-bond acceptors (Lipinski definition) is 4. The molecule has 1 aliphatic rings. The molecule has 4 aromatic heterocycles. The van der Waals surface area contributed by atoms with E-state index < -0.39 is 0 Å². The highest BCUT2D eigenvalue weighted by molar-refractivity contribution is 6.26. The van der Waals surface area contributed by atoms with Gasteiger partial charge in [0.15, 0.2) is 17.5 Å². The Morgan fingerprint density at radius 2 is 1.18 bits per heavy atom. The number of rotatable bonds is 5. The summed E-state index contributed by atoms with van der Waals surface area (Å²) >= 11 is 0. The molecule has 0 saturated heterocycles. The van der Waals surface area contributed by atoms with Crippen LogP contribution in [0.3, 0.4) is 0 Å². The molecule has 0 amide bonds. The number of para-hydroxylation sites is 3. The van der Waals surface area contributed by atoms with Crippen molar-refractivity contribution in [2.24, 2.45) is 0 Å².